The van der Waals surface area contributed by atoms with Gasteiger partial charge in [0.1, 0.15) is 5.75 Å². The summed E-state index contributed by atoms with van der Waals surface area (Å²) in [7, 11) is 0. The van der Waals surface area contributed by atoms with Crippen LogP contribution in [0.15, 0.2) is 12.1 Å². The minimum absolute atomic E-state index is 0.143. The summed E-state index contributed by atoms with van der Waals surface area (Å²) in [5.74, 6) is 0.148. The van der Waals surface area contributed by atoms with Crippen LogP contribution in [0.4, 0.5) is 0 Å². The van der Waals surface area contributed by atoms with Crippen molar-refractivity contribution in [1.29, 1.82) is 0 Å². The van der Waals surface area contributed by atoms with Crippen LogP contribution in [0.2, 0.25) is 0 Å². The molecule has 0 bridgehead atoms. The number of nitrogens with zero attached hydrogens (tertiary/aromatic N) is 1. The molecule has 0 aliphatic rings. The van der Waals surface area contributed by atoms with Gasteiger partial charge in [0.05, 0.1) is 0 Å². The molecule has 1 rings (SSSR count). The third kappa shape index (κ3) is 2.45. The van der Waals surface area contributed by atoms with Crippen molar-refractivity contribution in [3.8, 4) is 5.75 Å². The molecular formula is C10H13NO3. The lowest BCUT2D eigenvalue weighted by Crippen LogP contribution is -2.04. The summed E-state index contributed by atoms with van der Waals surface area (Å²) >= 11 is 0. The van der Waals surface area contributed by atoms with E-state index in [1.165, 1.54) is 0 Å². The number of aryl methyl sites for hydroxylation is 2. The van der Waals surface area contributed by atoms with E-state index in [1.54, 1.807) is 12.1 Å². The van der Waals surface area contributed by atoms with Crippen LogP contribution in [-0.2, 0) is 6.42 Å². The number of hydrogen-bond acceptors (Lipinski definition) is 3. The number of hydrogen-bond donors (Lipinski definition) is 1. The molecule has 14 heavy (non-hydrogen) atoms. The molecule has 1 aromatic rings. The van der Waals surface area contributed by atoms with Crippen LogP contribution in [0.1, 0.15) is 16.7 Å². The Balaban J connectivity index is 2.87. The number of rotatable bonds is 3. The summed E-state index contributed by atoms with van der Waals surface area (Å²) < 4.78 is 0. The third-order valence-electron chi connectivity index (χ3n) is 2.26. The van der Waals surface area contributed by atoms with Gasteiger partial charge < -0.3 is 5.11 Å². The molecule has 0 spiro atoms. The van der Waals surface area contributed by atoms with Crippen LogP contribution in [0.5, 0.6) is 5.75 Å². The zero-order valence-electron chi connectivity index (χ0n) is 8.28. The molecule has 0 radical (unpaired) electrons. The van der Waals surface area contributed by atoms with Gasteiger partial charge in [-0.15, -0.1) is 0 Å². The van der Waals surface area contributed by atoms with Gasteiger partial charge in [0.25, 0.3) is 0 Å². The van der Waals surface area contributed by atoms with Crippen LogP contribution in [0, 0.1) is 24.0 Å². The van der Waals surface area contributed by atoms with Crippen LogP contribution >= 0.6 is 0 Å². The topological polar surface area (TPSA) is 63.4 Å². The fourth-order valence-electron chi connectivity index (χ4n) is 1.27. The molecule has 0 amide bonds. The quantitative estimate of drug-likeness (QED) is 0.591. The van der Waals surface area contributed by atoms with E-state index in [4.69, 9.17) is 0 Å². The largest absolute Gasteiger partial charge is 0.508 e. The molecule has 0 saturated carbocycles. The van der Waals surface area contributed by atoms with E-state index in [0.717, 1.165) is 11.1 Å². The number of benzene rings is 1. The predicted octanol–water partition coefficient (Wildman–Crippen LogP) is 1.83. The average molecular weight is 195 g/mol. The molecule has 0 aliphatic carbocycles. The van der Waals surface area contributed by atoms with E-state index >= 15 is 0 Å². The van der Waals surface area contributed by atoms with Crippen molar-refractivity contribution in [3.63, 3.8) is 0 Å². The second-order valence-corrected chi connectivity index (χ2v) is 3.37. The second-order valence-electron chi connectivity index (χ2n) is 3.37. The molecule has 0 fully saturated rings. The van der Waals surface area contributed by atoms with Crippen molar-refractivity contribution in [2.24, 2.45) is 0 Å². The third-order valence-corrected chi connectivity index (χ3v) is 2.26. The zero-order chi connectivity index (χ0) is 10.7. The van der Waals surface area contributed by atoms with Gasteiger partial charge in [-0.3, -0.25) is 10.1 Å². The van der Waals surface area contributed by atoms with Crippen molar-refractivity contribution >= 4 is 0 Å². The minimum Gasteiger partial charge on any atom is -0.508 e. The second kappa shape index (κ2) is 4.09. The molecule has 0 unspecified atom stereocenters. The van der Waals surface area contributed by atoms with Crippen molar-refractivity contribution in [2.75, 3.05) is 6.54 Å². The highest BCUT2D eigenvalue weighted by Crippen LogP contribution is 2.22. The smallest absolute Gasteiger partial charge is 0.208 e. The van der Waals surface area contributed by atoms with E-state index in [1.807, 2.05) is 13.8 Å². The van der Waals surface area contributed by atoms with Crippen molar-refractivity contribution < 1.29 is 10.0 Å². The maximum atomic E-state index is 10.2. The van der Waals surface area contributed by atoms with E-state index in [-0.39, 0.29) is 23.6 Å². The summed E-state index contributed by atoms with van der Waals surface area (Å²) in [6, 6.07) is 3.44. The van der Waals surface area contributed by atoms with Crippen molar-refractivity contribution in [2.45, 2.75) is 20.3 Å². The van der Waals surface area contributed by atoms with Gasteiger partial charge in [0.2, 0.25) is 6.54 Å². The summed E-state index contributed by atoms with van der Waals surface area (Å²) in [6.07, 6.45) is 0.278. The van der Waals surface area contributed by atoms with Crippen LogP contribution in [-0.4, -0.2) is 16.6 Å². The van der Waals surface area contributed by atoms with Gasteiger partial charge in [-0.1, -0.05) is 6.07 Å². The standard InChI is InChI=1S/C10H13NO3/c1-7-5-9(3-4-11(13)14)10(12)6-8(7)2/h5-6,12H,3-4H2,1-2H3. The van der Waals surface area contributed by atoms with Crippen molar-refractivity contribution in [3.05, 3.63) is 38.9 Å². The number of phenolic OH excluding ortho intramolecular Hbond substituents is 1. The lowest BCUT2D eigenvalue weighted by molar-refractivity contribution is -0.479. The number of aromatic hydroxyl groups is 1. The Labute approximate surface area is 82.3 Å². The maximum absolute atomic E-state index is 10.2. The Morgan fingerprint density at radius 1 is 1.36 bits per heavy atom. The Bertz CT molecular complexity index is 361. The van der Waals surface area contributed by atoms with Gasteiger partial charge in [-0.25, -0.2) is 0 Å². The normalized spacial score (nSPS) is 10.1. The Kier molecular flexibility index (Phi) is 3.06. The molecule has 0 aliphatic heterocycles. The van der Waals surface area contributed by atoms with Crippen molar-refractivity contribution in [1.82, 2.24) is 0 Å². The Morgan fingerprint density at radius 2 is 1.93 bits per heavy atom. The van der Waals surface area contributed by atoms with E-state index < -0.39 is 0 Å². The molecule has 0 heterocycles. The van der Waals surface area contributed by atoms with Crippen LogP contribution in [0.3, 0.4) is 0 Å². The molecule has 4 heteroatoms. The zero-order valence-corrected chi connectivity index (χ0v) is 8.28. The average Bonchev–Trinajstić information content (AvgIpc) is 2.09. The van der Waals surface area contributed by atoms with E-state index in [9.17, 15) is 15.2 Å². The van der Waals surface area contributed by atoms with Crippen LogP contribution < -0.4 is 0 Å². The number of phenols is 1. The predicted molar refractivity (Wildman–Crippen MR) is 53.1 cm³/mol. The van der Waals surface area contributed by atoms with Gasteiger partial charge in [0.15, 0.2) is 0 Å². The highest BCUT2D eigenvalue weighted by atomic mass is 16.6. The van der Waals surface area contributed by atoms with Gasteiger partial charge >= 0.3 is 0 Å². The van der Waals surface area contributed by atoms with Crippen LogP contribution in [0.25, 0.3) is 0 Å². The monoisotopic (exact) mass is 195 g/mol. The summed E-state index contributed by atoms with van der Waals surface area (Å²) in [5, 5.41) is 19.7. The summed E-state index contributed by atoms with van der Waals surface area (Å²) in [4.78, 5) is 9.78. The highest BCUT2D eigenvalue weighted by molar-refractivity contribution is 5.40. The molecule has 0 saturated heterocycles. The molecule has 0 atom stereocenters. The fraction of sp³-hybridized carbons (Fsp3) is 0.400. The molecule has 1 aromatic carbocycles. The Hall–Kier alpha value is -1.58. The molecule has 0 aromatic heterocycles. The minimum atomic E-state index is -0.380. The van der Waals surface area contributed by atoms with E-state index in [2.05, 4.69) is 0 Å². The highest BCUT2D eigenvalue weighted by Gasteiger charge is 2.07. The van der Waals surface area contributed by atoms with Gasteiger partial charge in [0, 0.05) is 16.9 Å². The summed E-state index contributed by atoms with van der Waals surface area (Å²) in [5.41, 5.74) is 2.68. The molecule has 1 N–H and O–H groups in total. The summed E-state index contributed by atoms with van der Waals surface area (Å²) in [6.45, 7) is 3.67. The first-order valence-corrected chi connectivity index (χ1v) is 4.41. The first-order chi connectivity index (χ1) is 6.50. The molecule has 4 nitrogen and oxygen atoms in total. The fourth-order valence-corrected chi connectivity index (χ4v) is 1.27. The first kappa shape index (κ1) is 10.5. The Morgan fingerprint density at radius 3 is 2.50 bits per heavy atom. The maximum Gasteiger partial charge on any atom is 0.208 e. The number of nitro groups is 1. The first-order valence-electron chi connectivity index (χ1n) is 4.41. The lowest BCUT2D eigenvalue weighted by atomic mass is 10.0. The SMILES string of the molecule is Cc1cc(O)c(CC[N+](=O)[O-])cc1C. The van der Waals surface area contributed by atoms with Gasteiger partial charge in [-0.2, -0.15) is 0 Å². The van der Waals surface area contributed by atoms with Gasteiger partial charge in [-0.05, 0) is 31.0 Å². The lowest BCUT2D eigenvalue weighted by Gasteiger charge is -2.06. The molecular weight excluding hydrogens is 182 g/mol. The van der Waals surface area contributed by atoms with E-state index in [0.29, 0.717) is 5.56 Å². The molecule has 76 valence electrons.